The van der Waals surface area contributed by atoms with Crippen molar-refractivity contribution < 1.29 is 28.2 Å². The largest absolute Gasteiger partial charge is 0.482 e. The van der Waals surface area contributed by atoms with Crippen LogP contribution in [-0.2, 0) is 14.3 Å². The van der Waals surface area contributed by atoms with E-state index in [9.17, 15) is 18.8 Å². The summed E-state index contributed by atoms with van der Waals surface area (Å²) in [6, 6.07) is 9.95. The van der Waals surface area contributed by atoms with Crippen molar-refractivity contribution in [1.82, 2.24) is 0 Å². The Bertz CT molecular complexity index is 854. The molecule has 0 bridgehead atoms. The second kappa shape index (κ2) is 9.14. The standard InChI is InChI=1S/C19H17ClFNO5/c1-11(23)13-3-6-15(7-4-13)26-10-18(24)27-12(2)19(25)22-14-5-8-17(21)16(20)9-14/h3-9,12H,10H2,1-2H3,(H,22,25)/t12-/m0/s1. The summed E-state index contributed by atoms with van der Waals surface area (Å²) in [5.74, 6) is -1.65. The molecule has 2 aromatic rings. The Kier molecular flexibility index (Phi) is 6.90. The predicted octanol–water partition coefficient (Wildman–Crippen LogP) is 3.63. The van der Waals surface area contributed by atoms with Crippen LogP contribution in [0.3, 0.4) is 0 Å². The Morgan fingerprint density at radius 2 is 1.81 bits per heavy atom. The maximum absolute atomic E-state index is 13.1. The number of carbonyl (C=O) groups is 3. The summed E-state index contributed by atoms with van der Waals surface area (Å²) in [4.78, 5) is 35.0. The molecule has 0 aliphatic carbocycles. The summed E-state index contributed by atoms with van der Waals surface area (Å²) in [7, 11) is 0. The number of hydrogen-bond donors (Lipinski definition) is 1. The summed E-state index contributed by atoms with van der Waals surface area (Å²) in [6.45, 7) is 2.43. The number of rotatable bonds is 7. The number of benzene rings is 2. The molecule has 0 saturated heterocycles. The van der Waals surface area contributed by atoms with E-state index in [4.69, 9.17) is 21.1 Å². The van der Waals surface area contributed by atoms with Crippen LogP contribution in [0.2, 0.25) is 5.02 Å². The van der Waals surface area contributed by atoms with Gasteiger partial charge in [-0.25, -0.2) is 9.18 Å². The first-order chi connectivity index (χ1) is 12.8. The zero-order chi connectivity index (χ0) is 20.0. The Balaban J connectivity index is 1.82. The van der Waals surface area contributed by atoms with Gasteiger partial charge in [0.2, 0.25) is 0 Å². The Hall–Kier alpha value is -2.93. The molecule has 27 heavy (non-hydrogen) atoms. The molecule has 0 spiro atoms. The van der Waals surface area contributed by atoms with E-state index in [1.807, 2.05) is 0 Å². The first-order valence-corrected chi connectivity index (χ1v) is 8.33. The van der Waals surface area contributed by atoms with Crippen LogP contribution >= 0.6 is 11.6 Å². The monoisotopic (exact) mass is 393 g/mol. The summed E-state index contributed by atoms with van der Waals surface area (Å²) >= 11 is 5.64. The van der Waals surface area contributed by atoms with Crippen molar-refractivity contribution >= 4 is 34.9 Å². The molecular formula is C19H17ClFNO5. The number of nitrogens with one attached hydrogen (secondary N) is 1. The minimum Gasteiger partial charge on any atom is -0.482 e. The Morgan fingerprint density at radius 1 is 1.15 bits per heavy atom. The number of esters is 1. The van der Waals surface area contributed by atoms with Gasteiger partial charge in [0.15, 0.2) is 18.5 Å². The number of anilines is 1. The fourth-order valence-corrected chi connectivity index (χ4v) is 2.21. The summed E-state index contributed by atoms with van der Waals surface area (Å²) in [6.07, 6.45) is -1.09. The van der Waals surface area contributed by atoms with Crippen LogP contribution in [0.5, 0.6) is 5.75 Å². The highest BCUT2D eigenvalue weighted by molar-refractivity contribution is 6.31. The van der Waals surface area contributed by atoms with Crippen LogP contribution < -0.4 is 10.1 Å². The van der Waals surface area contributed by atoms with Crippen molar-refractivity contribution in [2.75, 3.05) is 11.9 Å². The van der Waals surface area contributed by atoms with E-state index in [2.05, 4.69) is 5.32 Å². The maximum atomic E-state index is 13.1. The van der Waals surface area contributed by atoms with E-state index in [0.717, 1.165) is 6.07 Å². The van der Waals surface area contributed by atoms with Gasteiger partial charge in [0.05, 0.1) is 5.02 Å². The van der Waals surface area contributed by atoms with Crippen molar-refractivity contribution in [3.05, 3.63) is 58.9 Å². The van der Waals surface area contributed by atoms with Crippen LogP contribution in [0.15, 0.2) is 42.5 Å². The highest BCUT2D eigenvalue weighted by Gasteiger charge is 2.18. The van der Waals surface area contributed by atoms with Crippen molar-refractivity contribution in [3.8, 4) is 5.75 Å². The third kappa shape index (κ3) is 6.07. The SMILES string of the molecule is CC(=O)c1ccc(OCC(=O)O[C@@H](C)C(=O)Nc2ccc(F)c(Cl)c2)cc1. The molecule has 0 radical (unpaired) electrons. The van der Waals surface area contributed by atoms with Crippen molar-refractivity contribution in [1.29, 1.82) is 0 Å². The number of ether oxygens (including phenoxy) is 2. The fourth-order valence-electron chi connectivity index (χ4n) is 2.03. The van der Waals surface area contributed by atoms with Crippen molar-refractivity contribution in [3.63, 3.8) is 0 Å². The molecule has 0 unspecified atom stereocenters. The van der Waals surface area contributed by atoms with Gasteiger partial charge in [0, 0.05) is 11.3 Å². The lowest BCUT2D eigenvalue weighted by Gasteiger charge is -2.14. The van der Waals surface area contributed by atoms with Crippen LogP contribution in [0.25, 0.3) is 0 Å². The number of ketones is 1. The molecule has 0 aliphatic rings. The molecule has 1 N–H and O–H groups in total. The van der Waals surface area contributed by atoms with E-state index < -0.39 is 30.4 Å². The molecule has 142 valence electrons. The van der Waals surface area contributed by atoms with Gasteiger partial charge in [-0.2, -0.15) is 0 Å². The molecule has 0 aromatic heterocycles. The number of amides is 1. The smallest absolute Gasteiger partial charge is 0.344 e. The summed E-state index contributed by atoms with van der Waals surface area (Å²) in [5.41, 5.74) is 0.798. The first kappa shape index (κ1) is 20.4. The van der Waals surface area contributed by atoms with Crippen LogP contribution in [0.4, 0.5) is 10.1 Å². The molecule has 0 fully saturated rings. The molecular weight excluding hydrogens is 377 g/mol. The fraction of sp³-hybridized carbons (Fsp3) is 0.211. The molecule has 0 heterocycles. The lowest BCUT2D eigenvalue weighted by atomic mass is 10.1. The summed E-state index contributed by atoms with van der Waals surface area (Å²) < 4.78 is 23.3. The number of Topliss-reactive ketones (excluding diaryl/α,β-unsaturated/α-hetero) is 1. The minimum absolute atomic E-state index is 0.0803. The predicted molar refractivity (Wildman–Crippen MR) is 97.5 cm³/mol. The third-order valence-corrected chi connectivity index (χ3v) is 3.77. The van der Waals surface area contributed by atoms with Crippen LogP contribution in [0, 0.1) is 5.82 Å². The van der Waals surface area contributed by atoms with Crippen molar-refractivity contribution in [2.24, 2.45) is 0 Å². The molecule has 1 amide bonds. The topological polar surface area (TPSA) is 81.7 Å². The van der Waals surface area contributed by atoms with E-state index >= 15 is 0 Å². The van der Waals surface area contributed by atoms with Gasteiger partial charge in [-0.05, 0) is 56.3 Å². The van der Waals surface area contributed by atoms with Crippen LogP contribution in [0.1, 0.15) is 24.2 Å². The molecule has 0 saturated carbocycles. The highest BCUT2D eigenvalue weighted by Crippen LogP contribution is 2.19. The molecule has 8 heteroatoms. The highest BCUT2D eigenvalue weighted by atomic mass is 35.5. The van der Waals surface area contributed by atoms with E-state index in [-0.39, 0.29) is 16.5 Å². The molecule has 1 atom stereocenters. The third-order valence-electron chi connectivity index (χ3n) is 3.48. The number of carbonyl (C=O) groups excluding carboxylic acids is 3. The van der Waals surface area contributed by atoms with Gasteiger partial charge < -0.3 is 14.8 Å². The maximum Gasteiger partial charge on any atom is 0.344 e. The minimum atomic E-state index is -1.09. The molecule has 2 aromatic carbocycles. The van der Waals surface area contributed by atoms with E-state index in [1.165, 1.54) is 26.0 Å². The first-order valence-electron chi connectivity index (χ1n) is 7.95. The van der Waals surface area contributed by atoms with Crippen LogP contribution in [-0.4, -0.2) is 30.4 Å². The van der Waals surface area contributed by atoms with Gasteiger partial charge in [-0.3, -0.25) is 9.59 Å². The van der Waals surface area contributed by atoms with Gasteiger partial charge in [-0.1, -0.05) is 11.6 Å². The van der Waals surface area contributed by atoms with Gasteiger partial charge in [-0.15, -0.1) is 0 Å². The Labute approximate surface area is 160 Å². The molecule has 6 nitrogen and oxygen atoms in total. The normalized spacial score (nSPS) is 11.4. The van der Waals surface area contributed by atoms with Gasteiger partial charge in [0.1, 0.15) is 11.6 Å². The Morgan fingerprint density at radius 3 is 2.41 bits per heavy atom. The van der Waals surface area contributed by atoms with Crippen molar-refractivity contribution in [2.45, 2.75) is 20.0 Å². The number of hydrogen-bond acceptors (Lipinski definition) is 5. The second-order valence-electron chi connectivity index (χ2n) is 5.62. The molecule has 2 rings (SSSR count). The van der Waals surface area contributed by atoms with Gasteiger partial charge >= 0.3 is 5.97 Å². The lowest BCUT2D eigenvalue weighted by Crippen LogP contribution is -2.31. The zero-order valence-electron chi connectivity index (χ0n) is 14.6. The summed E-state index contributed by atoms with van der Waals surface area (Å²) in [5, 5.41) is 2.33. The van der Waals surface area contributed by atoms with E-state index in [0.29, 0.717) is 11.3 Å². The van der Waals surface area contributed by atoms with E-state index in [1.54, 1.807) is 24.3 Å². The average Bonchev–Trinajstić information content (AvgIpc) is 2.63. The second-order valence-corrected chi connectivity index (χ2v) is 6.03. The molecule has 0 aliphatic heterocycles. The average molecular weight is 394 g/mol. The lowest BCUT2D eigenvalue weighted by molar-refractivity contribution is -0.155. The quantitative estimate of drug-likeness (QED) is 0.573. The zero-order valence-corrected chi connectivity index (χ0v) is 15.4. The number of halogens is 2. The van der Waals surface area contributed by atoms with Gasteiger partial charge in [0.25, 0.3) is 5.91 Å².